The molecule has 0 saturated heterocycles. The molecule has 1 aliphatic rings. The lowest BCUT2D eigenvalue weighted by atomic mass is 10.0. The van der Waals surface area contributed by atoms with E-state index in [0.717, 1.165) is 41.4 Å². The fourth-order valence-electron chi connectivity index (χ4n) is 3.67. The number of benzene rings is 2. The van der Waals surface area contributed by atoms with Crippen molar-refractivity contribution in [3.63, 3.8) is 0 Å². The Bertz CT molecular complexity index is 1060. The van der Waals surface area contributed by atoms with Gasteiger partial charge in [-0.05, 0) is 29.7 Å². The van der Waals surface area contributed by atoms with Gasteiger partial charge in [-0.25, -0.2) is 4.79 Å². The van der Waals surface area contributed by atoms with Gasteiger partial charge in [-0.3, -0.25) is 9.69 Å². The standard InChI is InChI=1S/C24H24N2O3S2.ClH/c1-29-24(28)22-19-12-13-26(14-17-8-4-2-5-9-17)15-20(19)31-23(22)25-21(27)16-30-18-10-6-3-7-11-18;/h2-11H,12-16H2,1H3,(H,25,27);1H. The van der Waals surface area contributed by atoms with Crippen LogP contribution >= 0.6 is 35.5 Å². The van der Waals surface area contributed by atoms with Crippen molar-refractivity contribution in [3.05, 3.63) is 82.2 Å². The second kappa shape index (κ2) is 11.5. The van der Waals surface area contributed by atoms with Crippen LogP contribution in [0, 0.1) is 0 Å². The SMILES string of the molecule is COC(=O)c1c(NC(=O)CSc2ccccc2)sc2c1CCN(Cc1ccccc1)C2.Cl. The van der Waals surface area contributed by atoms with Gasteiger partial charge >= 0.3 is 5.97 Å². The molecule has 0 radical (unpaired) electrons. The summed E-state index contributed by atoms with van der Waals surface area (Å²) in [6.45, 7) is 2.48. The molecule has 1 amide bonds. The summed E-state index contributed by atoms with van der Waals surface area (Å²) < 4.78 is 5.03. The number of carbonyl (C=O) groups excluding carboxylic acids is 2. The van der Waals surface area contributed by atoms with Gasteiger partial charge in [0.15, 0.2) is 0 Å². The molecule has 168 valence electrons. The van der Waals surface area contributed by atoms with Crippen molar-refractivity contribution in [3.8, 4) is 0 Å². The maximum Gasteiger partial charge on any atom is 0.341 e. The molecule has 1 N–H and O–H groups in total. The van der Waals surface area contributed by atoms with Crippen LogP contribution in [0.15, 0.2) is 65.6 Å². The van der Waals surface area contributed by atoms with E-state index in [-0.39, 0.29) is 30.0 Å². The second-order valence-electron chi connectivity index (χ2n) is 7.30. The average Bonchev–Trinajstić information content (AvgIpc) is 3.15. The number of thioether (sulfide) groups is 1. The molecule has 0 unspecified atom stereocenters. The fraction of sp³-hybridized carbons (Fsp3) is 0.250. The highest BCUT2D eigenvalue weighted by Crippen LogP contribution is 2.38. The molecule has 4 rings (SSSR count). The van der Waals surface area contributed by atoms with E-state index in [0.29, 0.717) is 10.6 Å². The lowest BCUT2D eigenvalue weighted by Crippen LogP contribution is -2.29. The third-order valence-electron chi connectivity index (χ3n) is 5.14. The minimum absolute atomic E-state index is 0. The summed E-state index contributed by atoms with van der Waals surface area (Å²) >= 11 is 2.96. The molecule has 0 fully saturated rings. The van der Waals surface area contributed by atoms with E-state index in [2.05, 4.69) is 22.3 Å². The molecule has 2 aromatic carbocycles. The van der Waals surface area contributed by atoms with Crippen LogP contribution in [-0.4, -0.2) is 36.2 Å². The highest BCUT2D eigenvalue weighted by atomic mass is 35.5. The largest absolute Gasteiger partial charge is 0.465 e. The van der Waals surface area contributed by atoms with E-state index in [9.17, 15) is 9.59 Å². The van der Waals surface area contributed by atoms with Gasteiger partial charge in [-0.2, -0.15) is 0 Å². The van der Waals surface area contributed by atoms with Crippen molar-refractivity contribution in [2.75, 3.05) is 24.7 Å². The van der Waals surface area contributed by atoms with E-state index in [1.807, 2.05) is 48.5 Å². The van der Waals surface area contributed by atoms with Gasteiger partial charge < -0.3 is 10.1 Å². The van der Waals surface area contributed by atoms with Gasteiger partial charge in [0.25, 0.3) is 0 Å². The highest BCUT2D eigenvalue weighted by molar-refractivity contribution is 8.00. The van der Waals surface area contributed by atoms with Crippen molar-refractivity contribution in [1.29, 1.82) is 0 Å². The number of amides is 1. The molecular weight excluding hydrogens is 464 g/mol. The Kier molecular flexibility index (Phi) is 8.75. The molecule has 2 heterocycles. The molecule has 0 saturated carbocycles. The van der Waals surface area contributed by atoms with Crippen LogP contribution in [0.2, 0.25) is 0 Å². The van der Waals surface area contributed by atoms with Crippen molar-refractivity contribution >= 4 is 52.4 Å². The monoisotopic (exact) mass is 488 g/mol. The van der Waals surface area contributed by atoms with Crippen LogP contribution < -0.4 is 5.32 Å². The normalized spacial score (nSPS) is 13.0. The number of rotatable bonds is 7. The molecule has 0 atom stereocenters. The van der Waals surface area contributed by atoms with Gasteiger partial charge in [0.1, 0.15) is 5.00 Å². The zero-order valence-electron chi connectivity index (χ0n) is 17.7. The predicted molar refractivity (Wildman–Crippen MR) is 133 cm³/mol. The summed E-state index contributed by atoms with van der Waals surface area (Å²) in [4.78, 5) is 29.6. The minimum atomic E-state index is -0.389. The first-order chi connectivity index (χ1) is 15.1. The van der Waals surface area contributed by atoms with Crippen molar-refractivity contribution in [2.24, 2.45) is 0 Å². The van der Waals surface area contributed by atoms with E-state index in [1.165, 1.54) is 35.8 Å². The van der Waals surface area contributed by atoms with E-state index < -0.39 is 0 Å². The molecule has 0 aliphatic carbocycles. The predicted octanol–water partition coefficient (Wildman–Crippen LogP) is 5.25. The quantitative estimate of drug-likeness (QED) is 0.364. The first-order valence-corrected chi connectivity index (χ1v) is 11.9. The molecule has 8 heteroatoms. The van der Waals surface area contributed by atoms with Crippen LogP contribution in [0.4, 0.5) is 5.00 Å². The third-order valence-corrected chi connectivity index (χ3v) is 7.28. The van der Waals surface area contributed by atoms with Crippen LogP contribution in [0.1, 0.15) is 26.4 Å². The Morgan fingerprint density at radius 3 is 2.47 bits per heavy atom. The van der Waals surface area contributed by atoms with Crippen LogP contribution in [0.25, 0.3) is 0 Å². The van der Waals surface area contributed by atoms with Crippen LogP contribution in [-0.2, 0) is 29.0 Å². The van der Waals surface area contributed by atoms with Gasteiger partial charge in [0, 0.05) is 29.4 Å². The number of fused-ring (bicyclic) bond motifs is 1. The van der Waals surface area contributed by atoms with Gasteiger partial charge in [-0.1, -0.05) is 48.5 Å². The number of carbonyl (C=O) groups is 2. The van der Waals surface area contributed by atoms with Crippen molar-refractivity contribution in [2.45, 2.75) is 24.4 Å². The smallest absolute Gasteiger partial charge is 0.341 e. The summed E-state index contributed by atoms with van der Waals surface area (Å²) in [5, 5.41) is 3.55. The number of ether oxygens (including phenoxy) is 1. The number of nitrogens with zero attached hydrogens (tertiary/aromatic N) is 1. The summed E-state index contributed by atoms with van der Waals surface area (Å²) in [5.74, 6) is -0.230. The lowest BCUT2D eigenvalue weighted by Gasteiger charge is -2.27. The third kappa shape index (κ3) is 5.92. The first-order valence-electron chi connectivity index (χ1n) is 10.1. The zero-order chi connectivity index (χ0) is 21.6. The average molecular weight is 489 g/mol. The van der Waals surface area contributed by atoms with Gasteiger partial charge in [0.2, 0.25) is 5.91 Å². The summed E-state index contributed by atoms with van der Waals surface area (Å²) in [6, 6.07) is 20.2. The number of halogens is 1. The van der Waals surface area contributed by atoms with Crippen molar-refractivity contribution < 1.29 is 14.3 Å². The molecule has 32 heavy (non-hydrogen) atoms. The molecule has 0 bridgehead atoms. The number of hydrogen-bond donors (Lipinski definition) is 1. The van der Waals surface area contributed by atoms with Crippen LogP contribution in [0.5, 0.6) is 0 Å². The Hall–Kier alpha value is -2.32. The Labute approximate surface area is 202 Å². The molecule has 3 aromatic rings. The van der Waals surface area contributed by atoms with E-state index in [4.69, 9.17) is 4.74 Å². The summed E-state index contributed by atoms with van der Waals surface area (Å²) in [7, 11) is 1.38. The molecule has 1 aliphatic heterocycles. The second-order valence-corrected chi connectivity index (χ2v) is 9.45. The zero-order valence-corrected chi connectivity index (χ0v) is 20.2. The Morgan fingerprint density at radius 2 is 1.78 bits per heavy atom. The Balaban J connectivity index is 0.00000289. The summed E-state index contributed by atoms with van der Waals surface area (Å²) in [6.07, 6.45) is 0.762. The topological polar surface area (TPSA) is 58.6 Å². The Morgan fingerprint density at radius 1 is 1.09 bits per heavy atom. The number of nitrogens with one attached hydrogen (secondary N) is 1. The molecule has 5 nitrogen and oxygen atoms in total. The van der Waals surface area contributed by atoms with E-state index >= 15 is 0 Å². The van der Waals surface area contributed by atoms with Crippen LogP contribution in [0.3, 0.4) is 0 Å². The van der Waals surface area contributed by atoms with E-state index in [1.54, 1.807) is 0 Å². The number of methoxy groups -OCH3 is 1. The maximum atomic E-state index is 12.6. The fourth-order valence-corrected chi connectivity index (χ4v) is 5.68. The lowest BCUT2D eigenvalue weighted by molar-refractivity contribution is -0.113. The highest BCUT2D eigenvalue weighted by Gasteiger charge is 2.29. The van der Waals surface area contributed by atoms with Crippen molar-refractivity contribution in [1.82, 2.24) is 4.90 Å². The van der Waals surface area contributed by atoms with Gasteiger partial charge in [0.05, 0.1) is 18.4 Å². The summed E-state index contributed by atoms with van der Waals surface area (Å²) in [5.41, 5.74) is 2.79. The minimum Gasteiger partial charge on any atom is -0.465 e. The molecule has 0 spiro atoms. The number of thiophene rings is 1. The first kappa shape index (κ1) is 24.3. The van der Waals surface area contributed by atoms with Gasteiger partial charge in [-0.15, -0.1) is 35.5 Å². The molecular formula is C24H25ClN2O3S2. The number of esters is 1. The maximum absolute atomic E-state index is 12.6. The molecule has 1 aromatic heterocycles. The number of hydrogen-bond acceptors (Lipinski definition) is 6. The number of anilines is 1.